The number of benzene rings is 1. The van der Waals surface area contributed by atoms with Crippen LogP contribution in [0.5, 0.6) is 11.5 Å². The van der Waals surface area contributed by atoms with Crippen molar-refractivity contribution in [3.63, 3.8) is 0 Å². The average molecular weight is 162 g/mol. The van der Waals surface area contributed by atoms with Crippen LogP contribution in [0, 0.1) is 6.07 Å². The first kappa shape index (κ1) is 13.9. The smallest absolute Gasteiger partial charge is 0.534 e. The molecule has 0 amide bonds. The van der Waals surface area contributed by atoms with Gasteiger partial charge in [0, 0.05) is 25.7 Å². The summed E-state index contributed by atoms with van der Waals surface area (Å²) in [5, 5.41) is 17.2. The number of rotatable bonds is 0. The molecule has 0 aromatic heterocycles. The van der Waals surface area contributed by atoms with Gasteiger partial charge < -0.3 is 14.9 Å². The Morgan fingerprint density at radius 2 is 1.50 bits per heavy atom. The summed E-state index contributed by atoms with van der Waals surface area (Å²) in [5.41, 5.74) is 0. The predicted octanol–water partition coefficient (Wildman–Crippen LogP) is -1.84. The fourth-order valence-electron chi connectivity index (χ4n) is 0.445. The van der Waals surface area contributed by atoms with E-state index in [1.54, 1.807) is 20.3 Å². The molecular weight excluding hydrogens is 151 g/mol. The molecule has 1 rings (SSSR count). The van der Waals surface area contributed by atoms with Gasteiger partial charge in [-0.15, -0.1) is 12.1 Å². The van der Waals surface area contributed by atoms with Crippen LogP contribution in [-0.2, 0) is 4.74 Å². The number of hydrogen-bond acceptors (Lipinski definition) is 3. The van der Waals surface area contributed by atoms with Crippen molar-refractivity contribution in [1.29, 1.82) is 0 Å². The first-order chi connectivity index (χ1) is 5.20. The fraction of sp³-hybridized carbons (Fsp3) is 0.250. The van der Waals surface area contributed by atoms with E-state index in [4.69, 9.17) is 10.2 Å². The van der Waals surface area contributed by atoms with Gasteiger partial charge in [0.15, 0.2) is 0 Å². The van der Waals surface area contributed by atoms with Gasteiger partial charge >= 0.3 is 18.9 Å². The average Bonchev–Trinajstić information content (AvgIpc) is 1.88. The molecule has 2 N–H and O–H groups in total. The summed E-state index contributed by atoms with van der Waals surface area (Å²) in [6, 6.07) is 6.71. The van der Waals surface area contributed by atoms with Gasteiger partial charge in [-0.25, -0.2) is 0 Å². The van der Waals surface area contributed by atoms with Crippen molar-refractivity contribution in [2.45, 2.75) is 0 Å². The van der Waals surface area contributed by atoms with Crippen molar-refractivity contribution in [2.24, 2.45) is 0 Å². The van der Waals surface area contributed by atoms with E-state index in [9.17, 15) is 0 Å². The molecular formula is C8H11LiO3. The van der Waals surface area contributed by atoms with Gasteiger partial charge in [0.05, 0.1) is 0 Å². The molecule has 0 spiro atoms. The zero-order valence-corrected chi connectivity index (χ0v) is 7.53. The van der Waals surface area contributed by atoms with Crippen molar-refractivity contribution in [2.75, 3.05) is 14.2 Å². The van der Waals surface area contributed by atoms with Crippen molar-refractivity contribution in [3.05, 3.63) is 24.3 Å². The van der Waals surface area contributed by atoms with Crippen molar-refractivity contribution in [3.8, 4) is 11.5 Å². The number of phenolic OH excluding ortho intramolecular Hbond substituents is 2. The molecule has 1 aromatic carbocycles. The minimum atomic E-state index is -0.0370. The number of ether oxygens (including phenoxy) is 1. The molecule has 0 atom stereocenters. The summed E-state index contributed by atoms with van der Waals surface area (Å²) in [5.74, 6) is -0.0741. The van der Waals surface area contributed by atoms with Gasteiger partial charge in [0.1, 0.15) is 0 Å². The van der Waals surface area contributed by atoms with Crippen LogP contribution in [-0.4, -0.2) is 24.4 Å². The summed E-state index contributed by atoms with van der Waals surface area (Å²) >= 11 is 0. The third-order valence-electron chi connectivity index (χ3n) is 0.764. The topological polar surface area (TPSA) is 49.7 Å². The second-order valence-electron chi connectivity index (χ2n) is 1.83. The molecule has 0 aliphatic heterocycles. The molecule has 1 aromatic rings. The predicted molar refractivity (Wildman–Crippen MR) is 41.5 cm³/mol. The minimum absolute atomic E-state index is 0. The first-order valence-electron chi connectivity index (χ1n) is 3.01. The monoisotopic (exact) mass is 162 g/mol. The van der Waals surface area contributed by atoms with E-state index in [1.807, 2.05) is 0 Å². The van der Waals surface area contributed by atoms with Crippen LogP contribution in [0.3, 0.4) is 0 Å². The van der Waals surface area contributed by atoms with E-state index in [-0.39, 0.29) is 30.4 Å². The Bertz CT molecular complexity index is 186. The van der Waals surface area contributed by atoms with Crippen LogP contribution in [0.2, 0.25) is 0 Å². The number of methoxy groups -OCH3 is 1. The van der Waals surface area contributed by atoms with E-state index in [1.165, 1.54) is 12.1 Å². The van der Waals surface area contributed by atoms with E-state index >= 15 is 0 Å². The first-order valence-corrected chi connectivity index (χ1v) is 3.01. The molecule has 0 fully saturated rings. The zero-order chi connectivity index (χ0) is 8.69. The summed E-state index contributed by atoms with van der Waals surface area (Å²) < 4.78 is 4.25. The quantitative estimate of drug-likeness (QED) is 0.348. The molecule has 0 unspecified atom stereocenters. The zero-order valence-electron chi connectivity index (χ0n) is 7.53. The molecule has 4 heteroatoms. The Kier molecular flexibility index (Phi) is 9.84. The molecule has 0 saturated heterocycles. The van der Waals surface area contributed by atoms with Gasteiger partial charge in [-0.2, -0.15) is 6.07 Å². The second kappa shape index (κ2) is 8.47. The van der Waals surface area contributed by atoms with E-state index in [0.29, 0.717) is 0 Å². The largest absolute Gasteiger partial charge is 1.00 e. The van der Waals surface area contributed by atoms with E-state index in [0.717, 1.165) is 0 Å². The normalized spacial score (nSPS) is 7.50. The third-order valence-corrected chi connectivity index (χ3v) is 0.764. The van der Waals surface area contributed by atoms with Crippen molar-refractivity contribution in [1.82, 2.24) is 0 Å². The molecule has 0 radical (unpaired) electrons. The van der Waals surface area contributed by atoms with Crippen LogP contribution in [0.4, 0.5) is 0 Å². The Balaban J connectivity index is 0. The SMILES string of the molecule is COC.Oc1[c-]c(O)ccc1.[Li+]. The summed E-state index contributed by atoms with van der Waals surface area (Å²) in [4.78, 5) is 0. The molecule has 0 aliphatic rings. The number of aromatic hydroxyl groups is 2. The summed E-state index contributed by atoms with van der Waals surface area (Å²) in [6.45, 7) is 0. The molecule has 0 heterocycles. The van der Waals surface area contributed by atoms with Crippen molar-refractivity contribution >= 4 is 0 Å². The maximum absolute atomic E-state index is 8.60. The molecule has 12 heavy (non-hydrogen) atoms. The summed E-state index contributed by atoms with van der Waals surface area (Å²) in [7, 11) is 3.25. The van der Waals surface area contributed by atoms with Gasteiger partial charge in [-0.3, -0.25) is 0 Å². The van der Waals surface area contributed by atoms with E-state index < -0.39 is 0 Å². The number of phenols is 2. The van der Waals surface area contributed by atoms with Crippen LogP contribution in [0.1, 0.15) is 0 Å². The Morgan fingerprint density at radius 1 is 1.17 bits per heavy atom. The molecule has 0 saturated carbocycles. The van der Waals surface area contributed by atoms with E-state index in [2.05, 4.69) is 10.8 Å². The summed E-state index contributed by atoms with van der Waals surface area (Å²) in [6.07, 6.45) is 0. The van der Waals surface area contributed by atoms with Gasteiger partial charge in [0.25, 0.3) is 0 Å². The minimum Gasteiger partial charge on any atom is -0.534 e. The fourth-order valence-corrected chi connectivity index (χ4v) is 0.445. The van der Waals surface area contributed by atoms with Crippen LogP contribution < -0.4 is 18.9 Å². The molecule has 62 valence electrons. The maximum atomic E-state index is 8.60. The van der Waals surface area contributed by atoms with Gasteiger partial charge in [-0.05, 0) is 0 Å². The Labute approximate surface area is 84.2 Å². The van der Waals surface area contributed by atoms with Crippen LogP contribution >= 0.6 is 0 Å². The standard InChI is InChI=1S/C6H5O2.C2H6O.Li/c7-5-2-1-3-6(8)4-5;1-3-2;/h1-3,7-8H;1-2H3;/q-1;;+1. The number of hydrogen-bond donors (Lipinski definition) is 2. The van der Waals surface area contributed by atoms with Gasteiger partial charge in [0.2, 0.25) is 0 Å². The Hall–Kier alpha value is -0.623. The Morgan fingerprint density at radius 3 is 1.67 bits per heavy atom. The van der Waals surface area contributed by atoms with Crippen LogP contribution in [0.15, 0.2) is 18.2 Å². The van der Waals surface area contributed by atoms with Gasteiger partial charge in [-0.1, -0.05) is 6.07 Å². The van der Waals surface area contributed by atoms with Crippen LogP contribution in [0.25, 0.3) is 0 Å². The molecule has 3 nitrogen and oxygen atoms in total. The third kappa shape index (κ3) is 7.48. The molecule has 0 aliphatic carbocycles. The second-order valence-corrected chi connectivity index (χ2v) is 1.83. The van der Waals surface area contributed by atoms with Crippen molar-refractivity contribution < 1.29 is 33.8 Å². The maximum Gasteiger partial charge on any atom is 1.00 e. The molecule has 0 bridgehead atoms.